The number of ether oxygens (including phenoxy) is 2. The number of nitrogens with zero attached hydrogens (tertiary/aromatic N) is 2. The van der Waals surface area contributed by atoms with Crippen LogP contribution in [0.1, 0.15) is 0 Å². The van der Waals surface area contributed by atoms with Crippen molar-refractivity contribution in [1.82, 2.24) is 0 Å². The molecule has 0 aliphatic carbocycles. The molecule has 37 heavy (non-hydrogen) atoms. The second-order valence-corrected chi connectivity index (χ2v) is 10.2. The van der Waals surface area contributed by atoms with Gasteiger partial charge in [-0.05, 0) is 48.5 Å². The van der Waals surface area contributed by atoms with E-state index in [2.05, 4.69) is 0 Å². The van der Waals surface area contributed by atoms with Gasteiger partial charge in [0.15, 0.2) is 0 Å². The smallest absolute Gasteiger partial charge is 0.127 e. The SMILES string of the molecule is [Cl][Ti][Cl].c1ccc(Oc2ccc([N-]c3ccccc3[N-]c3ccc(Oc4ccccc4)cc3)cc2)cc1. The van der Waals surface area contributed by atoms with Gasteiger partial charge in [0.25, 0.3) is 0 Å². The second-order valence-electron chi connectivity index (χ2n) is 7.60. The Hall–Kier alpha value is -3.41. The molecule has 0 fully saturated rings. The van der Waals surface area contributed by atoms with Crippen molar-refractivity contribution in [2.45, 2.75) is 0 Å². The average Bonchev–Trinajstić information content (AvgIpc) is 2.94. The molecule has 5 aromatic carbocycles. The fourth-order valence-electron chi connectivity index (χ4n) is 3.36. The van der Waals surface area contributed by atoms with Crippen LogP contribution in [0.2, 0.25) is 0 Å². The van der Waals surface area contributed by atoms with Gasteiger partial charge in [0.1, 0.15) is 23.0 Å². The largest absolute Gasteiger partial charge is 0.659 e. The molecule has 0 heterocycles. The van der Waals surface area contributed by atoms with Crippen LogP contribution in [0.4, 0.5) is 22.7 Å². The van der Waals surface area contributed by atoms with Crippen molar-refractivity contribution in [3.05, 3.63) is 144 Å². The van der Waals surface area contributed by atoms with Gasteiger partial charge in [-0.3, -0.25) is 0 Å². The first-order valence-electron chi connectivity index (χ1n) is 11.4. The molecule has 4 nitrogen and oxygen atoms in total. The van der Waals surface area contributed by atoms with Crippen LogP contribution in [0.3, 0.4) is 0 Å². The van der Waals surface area contributed by atoms with Crippen LogP contribution in [0.15, 0.2) is 133 Å². The summed E-state index contributed by atoms with van der Waals surface area (Å²) in [5.41, 5.74) is 3.25. The predicted molar refractivity (Wildman–Crippen MR) is 149 cm³/mol. The number of halogens is 2. The molecule has 0 radical (unpaired) electrons. The Balaban J connectivity index is 0.00000102. The molecule has 5 rings (SSSR count). The minimum absolute atomic E-state index is 0.556. The van der Waals surface area contributed by atoms with Gasteiger partial charge in [0, 0.05) is 0 Å². The van der Waals surface area contributed by atoms with Crippen molar-refractivity contribution < 1.29 is 26.5 Å². The topological polar surface area (TPSA) is 46.7 Å². The molecule has 0 aliphatic heterocycles. The summed E-state index contributed by atoms with van der Waals surface area (Å²) in [4.78, 5) is 0. The summed E-state index contributed by atoms with van der Waals surface area (Å²) in [5.74, 6) is 3.13. The Morgan fingerprint density at radius 2 is 0.703 bits per heavy atom. The Morgan fingerprint density at radius 1 is 0.405 bits per heavy atom. The molecule has 184 valence electrons. The third-order valence-electron chi connectivity index (χ3n) is 5.01. The van der Waals surface area contributed by atoms with E-state index in [1.165, 1.54) is 0 Å². The molecular weight excluding hydrogens is 539 g/mol. The van der Waals surface area contributed by atoms with Crippen LogP contribution < -0.4 is 9.47 Å². The molecule has 7 heteroatoms. The zero-order chi connectivity index (χ0) is 25.7. The van der Waals surface area contributed by atoms with Crippen LogP contribution in [0.5, 0.6) is 23.0 Å². The fourth-order valence-corrected chi connectivity index (χ4v) is 3.36. The summed E-state index contributed by atoms with van der Waals surface area (Å²) in [5, 5.41) is 9.57. The number of rotatable bonds is 8. The van der Waals surface area contributed by atoms with E-state index in [0.29, 0.717) is 0 Å². The van der Waals surface area contributed by atoms with E-state index < -0.39 is 17.0 Å². The van der Waals surface area contributed by atoms with E-state index in [1.54, 1.807) is 0 Å². The first-order valence-corrected chi connectivity index (χ1v) is 15.7. The Kier molecular flexibility index (Phi) is 10.3. The van der Waals surface area contributed by atoms with E-state index in [0.717, 1.165) is 45.7 Å². The van der Waals surface area contributed by atoms with Gasteiger partial charge < -0.3 is 20.1 Å². The predicted octanol–water partition coefficient (Wildman–Crippen LogP) is 11.3. The number of benzene rings is 5. The molecule has 5 aromatic rings. The summed E-state index contributed by atoms with van der Waals surface area (Å²) in [6.45, 7) is 0. The summed E-state index contributed by atoms with van der Waals surface area (Å²) in [6.07, 6.45) is 0. The third-order valence-corrected chi connectivity index (χ3v) is 5.01. The second kappa shape index (κ2) is 14.4. The van der Waals surface area contributed by atoms with Crippen LogP contribution >= 0.6 is 18.6 Å². The summed E-state index contributed by atoms with van der Waals surface area (Å²) >= 11 is -0.556. The van der Waals surface area contributed by atoms with Crippen molar-refractivity contribution in [1.29, 1.82) is 0 Å². The molecule has 0 spiro atoms. The zero-order valence-electron chi connectivity index (χ0n) is 19.7. The van der Waals surface area contributed by atoms with E-state index in [-0.39, 0.29) is 0 Å². The molecule has 0 saturated carbocycles. The maximum atomic E-state index is 5.86. The summed E-state index contributed by atoms with van der Waals surface area (Å²) < 4.78 is 11.7. The summed E-state index contributed by atoms with van der Waals surface area (Å²) in [7, 11) is 9.78. The van der Waals surface area contributed by atoms with Crippen LogP contribution in [-0.4, -0.2) is 0 Å². The first kappa shape index (κ1) is 26.7. The maximum absolute atomic E-state index is 5.86. The van der Waals surface area contributed by atoms with Crippen molar-refractivity contribution in [3.63, 3.8) is 0 Å². The van der Waals surface area contributed by atoms with Gasteiger partial charge in [0.2, 0.25) is 0 Å². The fraction of sp³-hybridized carbons (Fsp3) is 0. The van der Waals surface area contributed by atoms with Gasteiger partial charge >= 0.3 is 35.6 Å². The van der Waals surface area contributed by atoms with Gasteiger partial charge in [-0.25, -0.2) is 0 Å². The standard InChI is InChI=1S/C30H22N2O2.2ClH.Ti/c1-3-9-25(10-4-1)33-27-19-15-23(16-20-27)31-29-13-7-8-14-30(29)32-24-17-21-28(22-18-24)34-26-11-5-2-6-12-26;;;/h1-22H;2*1H;/q-2;;;+2/p-2. The van der Waals surface area contributed by atoms with Gasteiger partial charge in [-0.1, -0.05) is 84.9 Å². The minimum atomic E-state index is -0.556. The molecule has 0 amide bonds. The molecule has 0 saturated heterocycles. The number of para-hydroxylation sites is 4. The average molecular weight is 561 g/mol. The molecule has 0 atom stereocenters. The Labute approximate surface area is 233 Å². The molecular formula is C30H22Cl2N2O2Ti-2. The molecule has 0 N–H and O–H groups in total. The van der Waals surface area contributed by atoms with Crippen molar-refractivity contribution in [2.75, 3.05) is 0 Å². The van der Waals surface area contributed by atoms with Crippen LogP contribution in [-0.2, 0) is 17.0 Å². The van der Waals surface area contributed by atoms with E-state index in [9.17, 15) is 0 Å². The third kappa shape index (κ3) is 8.59. The van der Waals surface area contributed by atoms with Gasteiger partial charge in [-0.15, -0.1) is 11.4 Å². The Morgan fingerprint density at radius 3 is 1.05 bits per heavy atom. The number of hydrogen-bond acceptors (Lipinski definition) is 2. The van der Waals surface area contributed by atoms with Crippen LogP contribution in [0.25, 0.3) is 10.6 Å². The first-order chi connectivity index (χ1) is 18.2. The van der Waals surface area contributed by atoms with Gasteiger partial charge in [0.05, 0.1) is 0 Å². The van der Waals surface area contributed by atoms with Crippen molar-refractivity contribution in [3.8, 4) is 23.0 Å². The maximum Gasteiger partial charge on any atom is 0.127 e. The normalized spacial score (nSPS) is 9.89. The quantitative estimate of drug-likeness (QED) is 0.177. The van der Waals surface area contributed by atoms with E-state index in [4.69, 9.17) is 38.7 Å². The molecule has 0 bridgehead atoms. The van der Waals surface area contributed by atoms with Crippen molar-refractivity contribution in [2.24, 2.45) is 0 Å². The van der Waals surface area contributed by atoms with E-state index >= 15 is 0 Å². The molecule has 0 unspecified atom stereocenters. The monoisotopic (exact) mass is 560 g/mol. The number of hydrogen-bond donors (Lipinski definition) is 0. The van der Waals surface area contributed by atoms with Crippen molar-refractivity contribution >= 4 is 41.4 Å². The summed E-state index contributed by atoms with van der Waals surface area (Å²) in [6, 6.07) is 42.7. The molecule has 0 aromatic heterocycles. The molecule has 0 aliphatic rings. The van der Waals surface area contributed by atoms with Crippen LogP contribution in [0, 0.1) is 0 Å². The van der Waals surface area contributed by atoms with E-state index in [1.807, 2.05) is 133 Å². The van der Waals surface area contributed by atoms with Gasteiger partial charge in [-0.2, -0.15) is 11.4 Å². The minimum Gasteiger partial charge on any atom is -0.659 e. The zero-order valence-corrected chi connectivity index (χ0v) is 22.7. The Bertz CT molecular complexity index is 1250.